The van der Waals surface area contributed by atoms with Crippen molar-refractivity contribution >= 4 is 23.0 Å². The van der Waals surface area contributed by atoms with E-state index in [1.807, 2.05) is 60.5 Å². The second-order valence-corrected chi connectivity index (χ2v) is 13.9. The number of Topliss-reactive ketones (excluding diaryl/α,β-unsaturated/α-hetero) is 1. The number of ether oxygens (including phenoxy) is 4. The second-order valence-electron chi connectivity index (χ2n) is 13.9. The van der Waals surface area contributed by atoms with Crippen LogP contribution in [0.5, 0.6) is 0 Å². The van der Waals surface area contributed by atoms with Gasteiger partial charge in [0.25, 0.3) is 0 Å². The van der Waals surface area contributed by atoms with E-state index in [0.29, 0.717) is 17.6 Å². The number of fused-ring (bicyclic) bond motifs is 5. The van der Waals surface area contributed by atoms with Crippen LogP contribution in [-0.2, 0) is 50.3 Å². The molecule has 2 bridgehead atoms. The molecule has 0 spiro atoms. The van der Waals surface area contributed by atoms with Crippen LogP contribution in [0.15, 0.2) is 11.1 Å². The van der Waals surface area contributed by atoms with Gasteiger partial charge in [-0.15, -0.1) is 0 Å². The van der Waals surface area contributed by atoms with E-state index in [-0.39, 0.29) is 30.8 Å². The molecule has 3 aliphatic carbocycles. The summed E-state index contributed by atoms with van der Waals surface area (Å²) in [6.45, 7) is 14.4. The first-order valence-electron chi connectivity index (χ1n) is 15.0. The van der Waals surface area contributed by atoms with Gasteiger partial charge in [0, 0.05) is 43.2 Å². The van der Waals surface area contributed by atoms with Crippen molar-refractivity contribution < 1.29 is 60.5 Å². The molecule has 11 heteroatoms. The number of nitrogens with zero attached hydrogens (tertiary/aromatic N) is 1. The molecule has 10 nitrogen and oxygen atoms in total. The fourth-order valence-corrected chi connectivity index (χ4v) is 8.77. The zero-order chi connectivity index (χ0) is 33.0. The summed E-state index contributed by atoms with van der Waals surface area (Å²) < 4.78 is 23.5. The SMILES string of the molecule is COC(C(=O)OC1CC2(O)[C@@H](C)C3[C@]4(OC(C)=O)COC4C[C@H](C)[C@@]3(C)C(=O)C(O)C(=C1C)C2(C)C)C(C)N(C)C.[CH2]=[V]. The fraction of sp³-hybridized carbons (Fsp3) is 0.812. The Balaban J connectivity index is 0.00000248. The van der Waals surface area contributed by atoms with E-state index in [1.54, 1.807) is 6.92 Å². The van der Waals surface area contributed by atoms with Gasteiger partial charge >= 0.3 is 34.1 Å². The Kier molecular flexibility index (Phi) is 10.4. The van der Waals surface area contributed by atoms with Crippen molar-refractivity contribution in [2.45, 2.75) is 110 Å². The first-order valence-corrected chi connectivity index (χ1v) is 16.0. The molecule has 4 rings (SSSR count). The number of methoxy groups -OCH3 is 1. The van der Waals surface area contributed by atoms with Crippen LogP contribution in [0.25, 0.3) is 0 Å². The normalized spacial score (nSPS) is 41.2. The first kappa shape index (κ1) is 36.1. The number of carbonyl (C=O) groups is 3. The average Bonchev–Trinajstić information content (AvgIpc) is 2.92. The Bertz CT molecular complexity index is 1160. The average molecular weight is 645 g/mol. The Labute approximate surface area is 265 Å². The van der Waals surface area contributed by atoms with Crippen molar-refractivity contribution in [3.8, 4) is 0 Å². The number of hydrogen-bond donors (Lipinski definition) is 2. The van der Waals surface area contributed by atoms with Crippen LogP contribution < -0.4 is 0 Å². The van der Waals surface area contributed by atoms with Crippen molar-refractivity contribution in [3.05, 3.63) is 11.1 Å². The Morgan fingerprint density at radius 3 is 2.23 bits per heavy atom. The third-order valence-corrected chi connectivity index (χ3v) is 11.6. The predicted molar refractivity (Wildman–Crippen MR) is 157 cm³/mol. The molecule has 7 unspecified atom stereocenters. The molecule has 1 heterocycles. The van der Waals surface area contributed by atoms with Gasteiger partial charge in [-0.05, 0) is 57.3 Å². The van der Waals surface area contributed by atoms with E-state index in [2.05, 4.69) is 22.2 Å². The second kappa shape index (κ2) is 12.4. The van der Waals surface area contributed by atoms with E-state index in [0.717, 1.165) is 0 Å². The third kappa shape index (κ3) is 5.23. The van der Waals surface area contributed by atoms with Crippen molar-refractivity contribution in [1.82, 2.24) is 4.90 Å². The summed E-state index contributed by atoms with van der Waals surface area (Å²) in [6, 6.07) is -0.288. The first-order chi connectivity index (χ1) is 19.8. The molecule has 0 aromatic carbocycles. The molecule has 11 atom stereocenters. The van der Waals surface area contributed by atoms with Crippen LogP contribution in [0.3, 0.4) is 0 Å². The molecule has 243 valence electrons. The Morgan fingerprint density at radius 2 is 1.77 bits per heavy atom. The maximum atomic E-state index is 14.5. The van der Waals surface area contributed by atoms with Crippen LogP contribution in [0.1, 0.15) is 68.2 Å². The Hall–Kier alpha value is -1.40. The molecule has 2 saturated carbocycles. The molecule has 0 aromatic heterocycles. The molecule has 4 aliphatic rings. The van der Waals surface area contributed by atoms with Crippen LogP contribution in [0.4, 0.5) is 0 Å². The number of aliphatic hydroxyl groups excluding tert-OH is 1. The number of esters is 2. The molecule has 2 N–H and O–H groups in total. The van der Waals surface area contributed by atoms with E-state index in [4.69, 9.17) is 18.9 Å². The van der Waals surface area contributed by atoms with Gasteiger partial charge in [-0.25, -0.2) is 4.79 Å². The van der Waals surface area contributed by atoms with Gasteiger partial charge in [0.2, 0.25) is 0 Å². The van der Waals surface area contributed by atoms with Crippen molar-refractivity contribution in [3.63, 3.8) is 0 Å². The van der Waals surface area contributed by atoms with Gasteiger partial charge < -0.3 is 34.1 Å². The third-order valence-electron chi connectivity index (χ3n) is 11.6. The summed E-state index contributed by atoms with van der Waals surface area (Å²) in [7, 11) is 5.12. The number of rotatable bonds is 6. The van der Waals surface area contributed by atoms with Crippen LogP contribution in [-0.4, -0.2) is 108 Å². The van der Waals surface area contributed by atoms with Crippen LogP contribution in [0.2, 0.25) is 0 Å². The minimum atomic E-state index is -1.56. The fourth-order valence-electron chi connectivity index (χ4n) is 8.77. The molecule has 1 aliphatic heterocycles. The maximum absolute atomic E-state index is 14.5. The molecule has 0 radical (unpaired) electrons. The molecule has 0 amide bonds. The number of ketones is 1. The van der Waals surface area contributed by atoms with E-state index < -0.39 is 70.2 Å². The standard InChI is InChI=1S/C31H49NO9.CH2.V/c1-15-12-21-30(14-39-21,41-19(5)33)25-17(3)31(37)13-20(40-27(36)24(38-11)18(4)32(9)10)16(2)22(28(31,6)7)23(34)26(35)29(15,25)8;;/h15,17-18,20-21,23-25,34,37H,12-14H2,1-11H3;1H2;/t15-,17-,18?,20?,21?,23?,24?,25?,29+,30-,31?;;/m0../s1. The zero-order valence-electron chi connectivity index (χ0n) is 27.6. The van der Waals surface area contributed by atoms with Gasteiger partial charge in [0.15, 0.2) is 17.5 Å². The van der Waals surface area contributed by atoms with E-state index >= 15 is 0 Å². The predicted octanol–water partition coefficient (Wildman–Crippen LogP) is 2.25. The quantitative estimate of drug-likeness (QED) is 0.328. The molecule has 0 aromatic rings. The summed E-state index contributed by atoms with van der Waals surface area (Å²) in [4.78, 5) is 42.2. The van der Waals surface area contributed by atoms with Crippen molar-refractivity contribution in [2.24, 2.45) is 28.6 Å². The molecular weight excluding hydrogens is 593 g/mol. The number of carbonyl (C=O) groups excluding carboxylic acids is 3. The summed E-state index contributed by atoms with van der Waals surface area (Å²) in [5.74, 6) is -2.96. The number of likely N-dealkylation sites (N-methyl/N-ethyl adjacent to an activating group) is 1. The summed E-state index contributed by atoms with van der Waals surface area (Å²) in [5.41, 5.74) is -3.97. The van der Waals surface area contributed by atoms with Gasteiger partial charge in [0.1, 0.15) is 18.3 Å². The van der Waals surface area contributed by atoms with E-state index in [9.17, 15) is 24.6 Å². The molecule has 43 heavy (non-hydrogen) atoms. The van der Waals surface area contributed by atoms with Crippen LogP contribution in [0, 0.1) is 28.6 Å². The topological polar surface area (TPSA) is 132 Å². The van der Waals surface area contributed by atoms with Gasteiger partial charge in [-0.2, -0.15) is 0 Å². The minimum absolute atomic E-state index is 0.0402. The Morgan fingerprint density at radius 1 is 1.19 bits per heavy atom. The van der Waals surface area contributed by atoms with Crippen molar-refractivity contribution in [2.75, 3.05) is 27.8 Å². The number of hydrogen-bond acceptors (Lipinski definition) is 10. The van der Waals surface area contributed by atoms with Gasteiger partial charge in [-0.3, -0.25) is 9.59 Å². The summed E-state index contributed by atoms with van der Waals surface area (Å²) in [5, 5.41) is 27.9. The molecular formula is C32H51NO9V. The van der Waals surface area contributed by atoms with Gasteiger partial charge in [0.05, 0.1) is 12.2 Å². The van der Waals surface area contributed by atoms with E-state index in [1.165, 1.54) is 14.0 Å². The summed E-state index contributed by atoms with van der Waals surface area (Å²) >= 11 is 2.06. The number of aliphatic hydroxyl groups is 2. The molecule has 1 saturated heterocycles. The summed E-state index contributed by atoms with van der Waals surface area (Å²) in [6.07, 6.45) is -3.25. The van der Waals surface area contributed by atoms with Crippen molar-refractivity contribution in [1.29, 1.82) is 0 Å². The molecule has 3 fully saturated rings. The van der Waals surface area contributed by atoms with Crippen LogP contribution >= 0.6 is 0 Å². The zero-order valence-corrected chi connectivity index (χ0v) is 29.0. The monoisotopic (exact) mass is 644 g/mol. The van der Waals surface area contributed by atoms with Gasteiger partial charge in [-0.1, -0.05) is 34.6 Å².